The van der Waals surface area contributed by atoms with Crippen LogP contribution in [0.5, 0.6) is 0 Å². The Labute approximate surface area is 150 Å². The molecule has 0 aliphatic rings. The zero-order chi connectivity index (χ0) is 18.5. The molecule has 0 saturated heterocycles. The molecule has 0 saturated carbocycles. The fourth-order valence-corrected chi connectivity index (χ4v) is 2.50. The maximum absolute atomic E-state index is 12.2. The van der Waals surface area contributed by atoms with Gasteiger partial charge in [-0.15, -0.1) is 0 Å². The largest absolute Gasteiger partial charge is 0.457 e. The van der Waals surface area contributed by atoms with Gasteiger partial charge in [-0.3, -0.25) is 14.9 Å². The lowest BCUT2D eigenvalue weighted by molar-refractivity contribution is -0.384. The molecule has 1 aromatic heterocycles. The Morgan fingerprint density at radius 2 is 1.73 bits per heavy atom. The molecule has 0 atom stereocenters. The molecule has 0 fully saturated rings. The number of benzene rings is 2. The molecule has 3 rings (SSSR count). The van der Waals surface area contributed by atoms with Gasteiger partial charge in [-0.1, -0.05) is 31.2 Å². The van der Waals surface area contributed by atoms with Crippen molar-refractivity contribution in [3.05, 3.63) is 93.7 Å². The van der Waals surface area contributed by atoms with Crippen molar-refractivity contribution in [1.82, 2.24) is 0 Å². The Morgan fingerprint density at radius 1 is 1.04 bits per heavy atom. The molecule has 5 heteroatoms. The number of furan rings is 1. The number of carbonyl (C=O) groups excluding carboxylic acids is 1. The lowest BCUT2D eigenvalue weighted by Gasteiger charge is -1.98. The van der Waals surface area contributed by atoms with E-state index in [1.807, 2.05) is 24.3 Å². The Hall–Kier alpha value is -3.47. The molecule has 26 heavy (non-hydrogen) atoms. The second-order valence-electron chi connectivity index (χ2n) is 5.75. The summed E-state index contributed by atoms with van der Waals surface area (Å²) in [7, 11) is 0. The maximum atomic E-state index is 12.2. The van der Waals surface area contributed by atoms with E-state index < -0.39 is 4.92 Å². The molecular formula is C21H17NO4. The number of nitro groups is 1. The second-order valence-corrected chi connectivity index (χ2v) is 5.75. The highest BCUT2D eigenvalue weighted by atomic mass is 16.6. The Morgan fingerprint density at radius 3 is 2.35 bits per heavy atom. The zero-order valence-electron chi connectivity index (χ0n) is 14.2. The number of hydrogen-bond acceptors (Lipinski definition) is 4. The van der Waals surface area contributed by atoms with Crippen molar-refractivity contribution in [3.8, 4) is 11.3 Å². The molecule has 2 aromatic carbocycles. The summed E-state index contributed by atoms with van der Waals surface area (Å²) in [6.45, 7) is 2.07. The third-order valence-corrected chi connectivity index (χ3v) is 4.04. The first-order valence-corrected chi connectivity index (χ1v) is 8.23. The minimum Gasteiger partial charge on any atom is -0.457 e. The Bertz CT molecular complexity index is 950. The molecule has 0 aliphatic carbocycles. The zero-order valence-corrected chi connectivity index (χ0v) is 14.2. The Kier molecular flexibility index (Phi) is 5.08. The number of carbonyl (C=O) groups is 1. The van der Waals surface area contributed by atoms with Gasteiger partial charge in [0.25, 0.3) is 5.69 Å². The van der Waals surface area contributed by atoms with E-state index in [0.29, 0.717) is 17.1 Å². The minimum atomic E-state index is -0.446. The normalized spacial score (nSPS) is 11.0. The van der Waals surface area contributed by atoms with Gasteiger partial charge in [-0.2, -0.15) is 0 Å². The van der Waals surface area contributed by atoms with E-state index in [1.165, 1.54) is 23.8 Å². The van der Waals surface area contributed by atoms with Gasteiger partial charge in [0.2, 0.25) is 0 Å². The van der Waals surface area contributed by atoms with Crippen molar-refractivity contribution in [2.24, 2.45) is 0 Å². The number of nitrogens with zero attached hydrogens (tertiary/aromatic N) is 1. The standard InChI is InChI=1S/C21H17NO4/c1-2-15-3-5-16(6-4-15)20(23)13-11-19-12-14-21(26-19)17-7-9-18(10-8-17)22(24)25/h3-14H,2H2,1H3. The summed E-state index contributed by atoms with van der Waals surface area (Å²) in [5.41, 5.74) is 2.57. The highest BCUT2D eigenvalue weighted by Crippen LogP contribution is 2.25. The average molecular weight is 347 g/mol. The van der Waals surface area contributed by atoms with Crippen LogP contribution in [0.4, 0.5) is 5.69 Å². The fraction of sp³-hybridized carbons (Fsp3) is 0.0952. The number of nitro benzene ring substituents is 1. The van der Waals surface area contributed by atoms with Crippen LogP contribution in [0.2, 0.25) is 0 Å². The van der Waals surface area contributed by atoms with E-state index in [0.717, 1.165) is 12.0 Å². The van der Waals surface area contributed by atoms with Crippen LogP contribution in [0, 0.1) is 10.1 Å². The number of hydrogen-bond donors (Lipinski definition) is 0. The van der Waals surface area contributed by atoms with Crippen molar-refractivity contribution >= 4 is 17.5 Å². The van der Waals surface area contributed by atoms with Gasteiger partial charge in [0.1, 0.15) is 11.5 Å². The number of aryl methyl sites for hydroxylation is 1. The summed E-state index contributed by atoms with van der Waals surface area (Å²) in [5, 5.41) is 10.7. The van der Waals surface area contributed by atoms with Crippen LogP contribution in [-0.2, 0) is 6.42 Å². The highest BCUT2D eigenvalue weighted by Gasteiger charge is 2.08. The van der Waals surface area contributed by atoms with Crippen molar-refractivity contribution in [2.75, 3.05) is 0 Å². The summed E-state index contributed by atoms with van der Waals surface area (Å²) < 4.78 is 5.68. The number of allylic oxidation sites excluding steroid dienone is 1. The summed E-state index contributed by atoms with van der Waals surface area (Å²) >= 11 is 0. The van der Waals surface area contributed by atoms with Crippen LogP contribution in [-0.4, -0.2) is 10.7 Å². The fourth-order valence-electron chi connectivity index (χ4n) is 2.50. The van der Waals surface area contributed by atoms with Gasteiger partial charge >= 0.3 is 0 Å². The van der Waals surface area contributed by atoms with Crippen molar-refractivity contribution < 1.29 is 14.1 Å². The summed E-state index contributed by atoms with van der Waals surface area (Å²) in [6, 6.07) is 17.2. The Balaban J connectivity index is 1.71. The number of non-ortho nitro benzene ring substituents is 1. The van der Waals surface area contributed by atoms with Crippen LogP contribution in [0.1, 0.15) is 28.6 Å². The topological polar surface area (TPSA) is 73.3 Å². The molecule has 0 N–H and O–H groups in total. The molecule has 0 bridgehead atoms. The monoisotopic (exact) mass is 347 g/mol. The van der Waals surface area contributed by atoms with Crippen LogP contribution >= 0.6 is 0 Å². The molecule has 0 spiro atoms. The lowest BCUT2D eigenvalue weighted by Crippen LogP contribution is -1.94. The molecular weight excluding hydrogens is 330 g/mol. The van der Waals surface area contributed by atoms with E-state index in [-0.39, 0.29) is 11.5 Å². The van der Waals surface area contributed by atoms with Crippen LogP contribution < -0.4 is 0 Å². The molecule has 3 aromatic rings. The SMILES string of the molecule is CCc1ccc(C(=O)C=Cc2ccc(-c3ccc([N+](=O)[O-])cc3)o2)cc1. The molecule has 0 radical (unpaired) electrons. The van der Waals surface area contributed by atoms with E-state index in [9.17, 15) is 14.9 Å². The molecule has 0 amide bonds. The van der Waals surface area contributed by atoms with Crippen molar-refractivity contribution in [2.45, 2.75) is 13.3 Å². The van der Waals surface area contributed by atoms with Gasteiger partial charge in [-0.25, -0.2) is 0 Å². The van der Waals surface area contributed by atoms with Crippen molar-refractivity contribution in [1.29, 1.82) is 0 Å². The quantitative estimate of drug-likeness (QED) is 0.262. The number of rotatable bonds is 6. The molecule has 130 valence electrons. The van der Waals surface area contributed by atoms with Gasteiger partial charge in [-0.05, 0) is 48.4 Å². The third-order valence-electron chi connectivity index (χ3n) is 4.04. The molecule has 1 heterocycles. The van der Waals surface area contributed by atoms with Gasteiger partial charge in [0.05, 0.1) is 4.92 Å². The summed E-state index contributed by atoms with van der Waals surface area (Å²) in [4.78, 5) is 22.5. The van der Waals surface area contributed by atoms with Crippen LogP contribution in [0.3, 0.4) is 0 Å². The first-order chi connectivity index (χ1) is 12.6. The van der Waals surface area contributed by atoms with E-state index in [2.05, 4.69) is 6.92 Å². The van der Waals surface area contributed by atoms with Gasteiger partial charge in [0, 0.05) is 23.3 Å². The van der Waals surface area contributed by atoms with Gasteiger partial charge in [0.15, 0.2) is 5.78 Å². The third kappa shape index (κ3) is 3.95. The predicted molar refractivity (Wildman–Crippen MR) is 100.0 cm³/mol. The predicted octanol–water partition coefficient (Wildman–Crippen LogP) is 5.31. The summed E-state index contributed by atoms with van der Waals surface area (Å²) in [5.74, 6) is 1.03. The van der Waals surface area contributed by atoms with Crippen LogP contribution in [0.15, 0.2) is 71.2 Å². The smallest absolute Gasteiger partial charge is 0.269 e. The highest BCUT2D eigenvalue weighted by molar-refractivity contribution is 6.06. The molecule has 5 nitrogen and oxygen atoms in total. The van der Waals surface area contributed by atoms with E-state index in [4.69, 9.17) is 4.42 Å². The first-order valence-electron chi connectivity index (χ1n) is 8.23. The summed E-state index contributed by atoms with van der Waals surface area (Å²) in [6.07, 6.45) is 4.02. The maximum Gasteiger partial charge on any atom is 0.269 e. The van der Waals surface area contributed by atoms with Crippen LogP contribution in [0.25, 0.3) is 17.4 Å². The van der Waals surface area contributed by atoms with Gasteiger partial charge < -0.3 is 4.42 Å². The molecule has 0 unspecified atom stereocenters. The lowest BCUT2D eigenvalue weighted by atomic mass is 10.1. The minimum absolute atomic E-state index is 0.0279. The van der Waals surface area contributed by atoms with E-state index in [1.54, 1.807) is 30.3 Å². The number of ketones is 1. The van der Waals surface area contributed by atoms with E-state index >= 15 is 0 Å². The van der Waals surface area contributed by atoms with Crippen molar-refractivity contribution in [3.63, 3.8) is 0 Å². The average Bonchev–Trinajstić information content (AvgIpc) is 3.15. The second kappa shape index (κ2) is 7.61. The molecule has 0 aliphatic heterocycles. The first kappa shape index (κ1) is 17.4.